The van der Waals surface area contributed by atoms with Gasteiger partial charge >= 0.3 is 6.09 Å². The molecule has 156 valence electrons. The first kappa shape index (κ1) is 21.8. The van der Waals surface area contributed by atoms with Crippen molar-refractivity contribution in [2.24, 2.45) is 4.99 Å². The first-order chi connectivity index (χ1) is 13.1. The number of guanidine groups is 1. The van der Waals surface area contributed by atoms with Gasteiger partial charge in [0.05, 0.1) is 6.61 Å². The molecule has 2 rings (SSSR count). The third-order valence-electron chi connectivity index (χ3n) is 5.69. The van der Waals surface area contributed by atoms with E-state index in [2.05, 4.69) is 27.4 Å². The smallest absolute Gasteiger partial charge is 0.409 e. The van der Waals surface area contributed by atoms with Crippen LogP contribution in [0, 0.1) is 0 Å². The lowest BCUT2D eigenvalue weighted by Gasteiger charge is -2.33. The van der Waals surface area contributed by atoms with Gasteiger partial charge in [0.1, 0.15) is 0 Å². The monoisotopic (exact) mass is 381 g/mol. The van der Waals surface area contributed by atoms with Crippen LogP contribution in [0.25, 0.3) is 0 Å². The van der Waals surface area contributed by atoms with Gasteiger partial charge in [-0.05, 0) is 65.5 Å². The van der Waals surface area contributed by atoms with Crippen molar-refractivity contribution in [2.75, 3.05) is 46.4 Å². The Hall–Kier alpha value is -1.50. The molecule has 1 amide bonds. The topological polar surface area (TPSA) is 69.2 Å². The third-order valence-corrected chi connectivity index (χ3v) is 5.69. The van der Waals surface area contributed by atoms with Gasteiger partial charge in [-0.1, -0.05) is 6.42 Å². The second-order valence-corrected chi connectivity index (χ2v) is 7.69. The number of carbonyl (C=O) groups is 1. The first-order valence-electron chi connectivity index (χ1n) is 10.8. The molecule has 0 aromatic heterocycles. The molecule has 0 bridgehead atoms. The molecule has 1 unspecified atom stereocenters. The van der Waals surface area contributed by atoms with Gasteiger partial charge in [0.25, 0.3) is 0 Å². The molecule has 2 fully saturated rings. The molecule has 0 saturated carbocycles. The Morgan fingerprint density at radius 2 is 1.93 bits per heavy atom. The molecule has 1 atom stereocenters. The zero-order chi connectivity index (χ0) is 19.5. The Kier molecular flexibility index (Phi) is 9.73. The van der Waals surface area contributed by atoms with Crippen molar-refractivity contribution in [3.05, 3.63) is 0 Å². The van der Waals surface area contributed by atoms with E-state index in [1.807, 2.05) is 14.0 Å². The van der Waals surface area contributed by atoms with E-state index in [1.54, 1.807) is 4.90 Å². The maximum absolute atomic E-state index is 11.8. The molecule has 27 heavy (non-hydrogen) atoms. The number of rotatable bonds is 7. The summed E-state index contributed by atoms with van der Waals surface area (Å²) in [6.07, 6.45) is 8.13. The molecule has 0 aliphatic carbocycles. The van der Waals surface area contributed by atoms with Gasteiger partial charge in [0.2, 0.25) is 0 Å². The van der Waals surface area contributed by atoms with Gasteiger partial charge in [0.15, 0.2) is 5.96 Å². The van der Waals surface area contributed by atoms with Crippen molar-refractivity contribution in [3.8, 4) is 0 Å². The average Bonchev–Trinajstić information content (AvgIpc) is 2.68. The average molecular weight is 382 g/mol. The minimum absolute atomic E-state index is 0.193. The van der Waals surface area contributed by atoms with Gasteiger partial charge in [-0.3, -0.25) is 4.99 Å². The van der Waals surface area contributed by atoms with Crippen LogP contribution in [-0.2, 0) is 4.74 Å². The summed E-state index contributed by atoms with van der Waals surface area (Å²) < 4.78 is 5.07. The van der Waals surface area contributed by atoms with Crippen LogP contribution in [0.4, 0.5) is 4.79 Å². The predicted octanol–water partition coefficient (Wildman–Crippen LogP) is 2.43. The summed E-state index contributed by atoms with van der Waals surface area (Å²) in [7, 11) is 1.82. The summed E-state index contributed by atoms with van der Waals surface area (Å²) in [6, 6.07) is 1.11. The first-order valence-corrected chi connectivity index (χ1v) is 10.8. The normalized spacial score (nSPS) is 22.6. The van der Waals surface area contributed by atoms with Crippen LogP contribution in [0.2, 0.25) is 0 Å². The Morgan fingerprint density at radius 1 is 1.15 bits per heavy atom. The molecule has 2 N–H and O–H groups in total. The van der Waals surface area contributed by atoms with Crippen LogP contribution in [0.1, 0.15) is 58.8 Å². The van der Waals surface area contributed by atoms with E-state index in [9.17, 15) is 4.79 Å². The fourth-order valence-electron chi connectivity index (χ4n) is 3.95. The second-order valence-electron chi connectivity index (χ2n) is 7.69. The maximum Gasteiger partial charge on any atom is 0.409 e. The number of amides is 1. The summed E-state index contributed by atoms with van der Waals surface area (Å²) in [5.74, 6) is 0.871. The van der Waals surface area contributed by atoms with Crippen LogP contribution in [0.5, 0.6) is 0 Å². The Morgan fingerprint density at radius 3 is 2.59 bits per heavy atom. The van der Waals surface area contributed by atoms with E-state index in [1.165, 1.54) is 38.8 Å². The van der Waals surface area contributed by atoms with Gasteiger partial charge < -0.3 is 25.2 Å². The molecule has 7 nitrogen and oxygen atoms in total. The highest BCUT2D eigenvalue weighted by Gasteiger charge is 2.24. The minimum Gasteiger partial charge on any atom is -0.450 e. The molecule has 0 aromatic carbocycles. The van der Waals surface area contributed by atoms with E-state index in [0.717, 1.165) is 50.9 Å². The van der Waals surface area contributed by atoms with Crippen molar-refractivity contribution in [3.63, 3.8) is 0 Å². The van der Waals surface area contributed by atoms with Crippen molar-refractivity contribution in [1.29, 1.82) is 0 Å². The number of ether oxygens (including phenoxy) is 1. The Labute approximate surface area is 164 Å². The molecule has 0 aromatic rings. The number of aliphatic imine (C=N–C) groups is 1. The molecule has 2 aliphatic rings. The zero-order valence-corrected chi connectivity index (χ0v) is 17.5. The van der Waals surface area contributed by atoms with Gasteiger partial charge in [0, 0.05) is 38.8 Å². The van der Waals surface area contributed by atoms with Gasteiger partial charge in [-0.2, -0.15) is 0 Å². The van der Waals surface area contributed by atoms with Crippen molar-refractivity contribution < 1.29 is 9.53 Å². The standard InChI is InChI=1S/C20H39N5O2/c1-4-27-20(26)25-15-10-18(11-16-25)23-19(21-3)22-12-6-8-14-24-13-7-5-9-17(24)2/h17-18H,4-16H2,1-3H3,(H2,21,22,23). The molecule has 0 radical (unpaired) electrons. The van der Waals surface area contributed by atoms with Crippen LogP contribution in [-0.4, -0.2) is 80.3 Å². The molecule has 0 spiro atoms. The highest BCUT2D eigenvalue weighted by Crippen LogP contribution is 2.16. The number of unbranched alkanes of at least 4 members (excludes halogenated alkanes) is 1. The zero-order valence-electron chi connectivity index (χ0n) is 17.5. The number of hydrogen-bond donors (Lipinski definition) is 2. The van der Waals surface area contributed by atoms with E-state index >= 15 is 0 Å². The van der Waals surface area contributed by atoms with Crippen LogP contribution >= 0.6 is 0 Å². The second kappa shape index (κ2) is 12.1. The molecule has 2 heterocycles. The van der Waals surface area contributed by atoms with Crippen LogP contribution < -0.4 is 10.6 Å². The maximum atomic E-state index is 11.8. The SMILES string of the molecule is CCOC(=O)N1CCC(NC(=NC)NCCCCN2CCCCC2C)CC1. The van der Waals surface area contributed by atoms with Crippen molar-refractivity contribution >= 4 is 12.1 Å². The lowest BCUT2D eigenvalue weighted by atomic mass is 10.0. The van der Waals surface area contributed by atoms with E-state index in [-0.39, 0.29) is 6.09 Å². The summed E-state index contributed by atoms with van der Waals surface area (Å²) in [4.78, 5) is 20.5. The van der Waals surface area contributed by atoms with Gasteiger partial charge in [-0.15, -0.1) is 0 Å². The highest BCUT2D eigenvalue weighted by atomic mass is 16.6. The van der Waals surface area contributed by atoms with Crippen LogP contribution in [0.3, 0.4) is 0 Å². The molecule has 2 aliphatic heterocycles. The van der Waals surface area contributed by atoms with E-state index < -0.39 is 0 Å². The minimum atomic E-state index is -0.193. The molecule has 7 heteroatoms. The van der Waals surface area contributed by atoms with E-state index in [4.69, 9.17) is 4.74 Å². The van der Waals surface area contributed by atoms with Gasteiger partial charge in [-0.25, -0.2) is 4.79 Å². The van der Waals surface area contributed by atoms with Crippen molar-refractivity contribution in [2.45, 2.75) is 70.9 Å². The fraction of sp³-hybridized carbons (Fsp3) is 0.900. The van der Waals surface area contributed by atoms with E-state index in [0.29, 0.717) is 12.6 Å². The summed E-state index contributed by atoms with van der Waals surface area (Å²) in [6.45, 7) is 9.53. The fourth-order valence-corrected chi connectivity index (χ4v) is 3.95. The number of hydrogen-bond acceptors (Lipinski definition) is 4. The largest absolute Gasteiger partial charge is 0.450 e. The summed E-state index contributed by atoms with van der Waals surface area (Å²) in [5, 5.41) is 6.93. The molecular weight excluding hydrogens is 342 g/mol. The number of nitrogens with one attached hydrogen (secondary N) is 2. The number of likely N-dealkylation sites (tertiary alicyclic amines) is 2. The lowest BCUT2D eigenvalue weighted by molar-refractivity contribution is 0.0963. The third kappa shape index (κ3) is 7.56. The highest BCUT2D eigenvalue weighted by molar-refractivity contribution is 5.80. The lowest BCUT2D eigenvalue weighted by Crippen LogP contribution is -2.50. The Balaban J connectivity index is 1.57. The number of nitrogens with zero attached hydrogens (tertiary/aromatic N) is 3. The summed E-state index contributed by atoms with van der Waals surface area (Å²) >= 11 is 0. The number of carbonyl (C=O) groups excluding carboxylic acids is 1. The Bertz CT molecular complexity index is 463. The van der Waals surface area contributed by atoms with Crippen molar-refractivity contribution in [1.82, 2.24) is 20.4 Å². The quantitative estimate of drug-likeness (QED) is 0.403. The predicted molar refractivity (Wildman–Crippen MR) is 110 cm³/mol. The number of piperidine rings is 2. The molecular formula is C20H39N5O2. The summed E-state index contributed by atoms with van der Waals surface area (Å²) in [5.41, 5.74) is 0. The van der Waals surface area contributed by atoms with Crippen LogP contribution in [0.15, 0.2) is 4.99 Å². The molecule has 2 saturated heterocycles.